The molecular formula is C15H14ClN3O. The normalized spacial score (nSPS) is 9.95. The molecule has 5 heteroatoms. The summed E-state index contributed by atoms with van der Waals surface area (Å²) in [5.41, 5.74) is 2.95. The number of rotatable bonds is 3. The Bertz CT molecular complexity index is 692. The summed E-state index contributed by atoms with van der Waals surface area (Å²) in [6.45, 7) is 3.78. The molecule has 2 aromatic rings. The van der Waals surface area contributed by atoms with Crippen LogP contribution in [0.1, 0.15) is 16.8 Å². The molecule has 4 nitrogen and oxygen atoms in total. The molecule has 0 radical (unpaired) electrons. The summed E-state index contributed by atoms with van der Waals surface area (Å²) >= 11 is 6.08. The molecule has 1 N–H and O–H groups in total. The summed E-state index contributed by atoms with van der Waals surface area (Å²) in [4.78, 5) is 4.34. The summed E-state index contributed by atoms with van der Waals surface area (Å²) in [6.07, 6.45) is 0. The minimum Gasteiger partial charge on any atom is -0.495 e. The Labute approximate surface area is 123 Å². The molecule has 0 unspecified atom stereocenters. The van der Waals surface area contributed by atoms with Crippen molar-refractivity contribution in [2.45, 2.75) is 13.8 Å². The van der Waals surface area contributed by atoms with Crippen molar-refractivity contribution in [2.24, 2.45) is 0 Å². The lowest BCUT2D eigenvalue weighted by atomic mass is 10.2. The number of hydrogen-bond donors (Lipinski definition) is 1. The van der Waals surface area contributed by atoms with Crippen LogP contribution in [-0.4, -0.2) is 12.1 Å². The van der Waals surface area contributed by atoms with Crippen LogP contribution in [0.5, 0.6) is 5.75 Å². The van der Waals surface area contributed by atoms with E-state index in [1.54, 1.807) is 25.3 Å². The van der Waals surface area contributed by atoms with Crippen molar-refractivity contribution in [1.29, 1.82) is 5.26 Å². The zero-order valence-electron chi connectivity index (χ0n) is 11.5. The summed E-state index contributed by atoms with van der Waals surface area (Å²) in [6, 6.07) is 9.25. The monoisotopic (exact) mass is 287 g/mol. The Morgan fingerprint density at radius 3 is 2.70 bits per heavy atom. The Balaban J connectivity index is 2.47. The summed E-state index contributed by atoms with van der Waals surface area (Å²) < 4.78 is 5.30. The number of hydrogen-bond acceptors (Lipinski definition) is 4. The van der Waals surface area contributed by atoms with Crippen LogP contribution in [0.15, 0.2) is 24.3 Å². The predicted molar refractivity (Wildman–Crippen MR) is 79.7 cm³/mol. The molecule has 102 valence electrons. The molecule has 2 rings (SSSR count). The molecule has 0 aliphatic carbocycles. The summed E-state index contributed by atoms with van der Waals surface area (Å²) in [5.74, 6) is 1.11. The van der Waals surface area contributed by atoms with Crippen LogP contribution in [-0.2, 0) is 0 Å². The van der Waals surface area contributed by atoms with Gasteiger partial charge < -0.3 is 10.1 Å². The van der Waals surface area contributed by atoms with Gasteiger partial charge in [0, 0.05) is 16.8 Å². The van der Waals surface area contributed by atoms with Crippen LogP contribution in [0.2, 0.25) is 5.02 Å². The van der Waals surface area contributed by atoms with E-state index in [1.807, 2.05) is 19.9 Å². The third-order valence-electron chi connectivity index (χ3n) is 2.89. The minimum atomic E-state index is 0.477. The SMILES string of the molecule is COc1cc(Cl)c(C)cc1Nc1nc(C)ccc1C#N. The highest BCUT2D eigenvalue weighted by molar-refractivity contribution is 6.31. The van der Waals surface area contributed by atoms with Crippen molar-refractivity contribution >= 4 is 23.1 Å². The second-order valence-electron chi connectivity index (χ2n) is 4.39. The van der Waals surface area contributed by atoms with Crippen molar-refractivity contribution in [3.63, 3.8) is 0 Å². The molecule has 0 amide bonds. The van der Waals surface area contributed by atoms with E-state index in [0.29, 0.717) is 22.2 Å². The second-order valence-corrected chi connectivity index (χ2v) is 4.79. The van der Waals surface area contributed by atoms with Gasteiger partial charge in [0.15, 0.2) is 0 Å². The maximum atomic E-state index is 9.13. The highest BCUT2D eigenvalue weighted by atomic mass is 35.5. The van der Waals surface area contributed by atoms with Gasteiger partial charge in [-0.1, -0.05) is 11.6 Å². The van der Waals surface area contributed by atoms with Crippen molar-refractivity contribution < 1.29 is 4.74 Å². The molecule has 0 aliphatic rings. The van der Waals surface area contributed by atoms with Crippen LogP contribution >= 0.6 is 11.6 Å². The van der Waals surface area contributed by atoms with Crippen LogP contribution in [0.4, 0.5) is 11.5 Å². The third kappa shape index (κ3) is 2.84. The number of aromatic nitrogens is 1. The molecule has 1 aromatic heterocycles. The first-order valence-electron chi connectivity index (χ1n) is 6.04. The first-order chi connectivity index (χ1) is 9.55. The molecule has 0 atom stereocenters. The molecule has 20 heavy (non-hydrogen) atoms. The average molecular weight is 288 g/mol. The number of halogens is 1. The van der Waals surface area contributed by atoms with Gasteiger partial charge in [0.05, 0.1) is 18.4 Å². The number of aryl methyl sites for hydroxylation is 2. The zero-order chi connectivity index (χ0) is 14.7. The number of ether oxygens (including phenoxy) is 1. The van der Waals surface area contributed by atoms with E-state index in [-0.39, 0.29) is 0 Å². The Morgan fingerprint density at radius 1 is 1.30 bits per heavy atom. The quantitative estimate of drug-likeness (QED) is 0.928. The van der Waals surface area contributed by atoms with Crippen LogP contribution in [0.3, 0.4) is 0 Å². The topological polar surface area (TPSA) is 57.9 Å². The molecule has 0 aliphatic heterocycles. The standard InChI is InChI=1S/C15H14ClN3O/c1-9-6-13(14(20-3)7-12(9)16)19-15-11(8-17)5-4-10(2)18-15/h4-7H,1-3H3,(H,18,19). The molecule has 1 aromatic carbocycles. The minimum absolute atomic E-state index is 0.477. The van der Waals surface area contributed by atoms with Gasteiger partial charge in [0.25, 0.3) is 0 Å². The third-order valence-corrected chi connectivity index (χ3v) is 3.30. The molecule has 0 saturated carbocycles. The fourth-order valence-corrected chi connectivity index (χ4v) is 1.95. The molecule has 1 heterocycles. The van der Waals surface area contributed by atoms with Gasteiger partial charge in [-0.05, 0) is 37.6 Å². The van der Waals surface area contributed by atoms with Crippen molar-refractivity contribution in [3.05, 3.63) is 46.1 Å². The molecule has 0 spiro atoms. The smallest absolute Gasteiger partial charge is 0.148 e. The van der Waals surface area contributed by atoms with Gasteiger partial charge in [-0.3, -0.25) is 0 Å². The van der Waals surface area contributed by atoms with Crippen LogP contribution in [0.25, 0.3) is 0 Å². The van der Waals surface area contributed by atoms with E-state index in [4.69, 9.17) is 21.6 Å². The summed E-state index contributed by atoms with van der Waals surface area (Å²) in [5, 5.41) is 12.9. The Kier molecular flexibility index (Phi) is 4.11. The Hall–Kier alpha value is -2.25. The van der Waals surface area contributed by atoms with Gasteiger partial charge in [-0.2, -0.15) is 5.26 Å². The van der Waals surface area contributed by atoms with Crippen LogP contribution in [0, 0.1) is 25.2 Å². The first-order valence-corrected chi connectivity index (χ1v) is 6.42. The number of benzene rings is 1. The van der Waals surface area contributed by atoms with Crippen molar-refractivity contribution in [2.75, 3.05) is 12.4 Å². The van der Waals surface area contributed by atoms with E-state index < -0.39 is 0 Å². The number of pyridine rings is 1. The molecule has 0 fully saturated rings. The average Bonchev–Trinajstić information content (AvgIpc) is 2.43. The lowest BCUT2D eigenvalue weighted by Gasteiger charge is -2.13. The highest BCUT2D eigenvalue weighted by Gasteiger charge is 2.10. The second kappa shape index (κ2) is 5.81. The largest absolute Gasteiger partial charge is 0.495 e. The number of nitriles is 1. The number of anilines is 2. The molecule has 0 bridgehead atoms. The number of nitrogens with zero attached hydrogens (tertiary/aromatic N) is 2. The van der Waals surface area contributed by atoms with E-state index in [2.05, 4.69) is 16.4 Å². The maximum Gasteiger partial charge on any atom is 0.148 e. The first kappa shape index (κ1) is 14.2. The van der Waals surface area contributed by atoms with Crippen molar-refractivity contribution in [3.8, 4) is 11.8 Å². The van der Waals surface area contributed by atoms with E-state index >= 15 is 0 Å². The highest BCUT2D eigenvalue weighted by Crippen LogP contribution is 2.33. The van der Waals surface area contributed by atoms with Gasteiger partial charge in [-0.25, -0.2) is 4.98 Å². The maximum absolute atomic E-state index is 9.13. The number of nitrogens with one attached hydrogen (secondary N) is 1. The predicted octanol–water partition coefficient (Wildman–Crippen LogP) is 3.98. The molecular weight excluding hydrogens is 274 g/mol. The van der Waals surface area contributed by atoms with Gasteiger partial charge in [0.1, 0.15) is 17.6 Å². The lowest BCUT2D eigenvalue weighted by Crippen LogP contribution is -2.01. The van der Waals surface area contributed by atoms with Crippen LogP contribution < -0.4 is 10.1 Å². The fraction of sp³-hybridized carbons (Fsp3) is 0.200. The molecule has 0 saturated heterocycles. The fourth-order valence-electron chi connectivity index (χ4n) is 1.80. The number of methoxy groups -OCH3 is 1. The van der Waals surface area contributed by atoms with E-state index in [9.17, 15) is 0 Å². The lowest BCUT2D eigenvalue weighted by molar-refractivity contribution is 0.416. The van der Waals surface area contributed by atoms with Gasteiger partial charge in [-0.15, -0.1) is 0 Å². The zero-order valence-corrected chi connectivity index (χ0v) is 12.2. The van der Waals surface area contributed by atoms with Crippen molar-refractivity contribution in [1.82, 2.24) is 4.98 Å². The van der Waals surface area contributed by atoms with E-state index in [1.165, 1.54) is 0 Å². The van der Waals surface area contributed by atoms with Gasteiger partial charge >= 0.3 is 0 Å². The van der Waals surface area contributed by atoms with E-state index in [0.717, 1.165) is 16.9 Å². The summed E-state index contributed by atoms with van der Waals surface area (Å²) in [7, 11) is 1.57. The Morgan fingerprint density at radius 2 is 2.05 bits per heavy atom. The van der Waals surface area contributed by atoms with Gasteiger partial charge in [0.2, 0.25) is 0 Å².